The Bertz CT molecular complexity index is 475. The molecule has 0 nitrogen and oxygen atoms in total. The highest BCUT2D eigenvalue weighted by atomic mass is 14.3. The van der Waals surface area contributed by atoms with Crippen LogP contribution in [0.3, 0.4) is 0 Å². The molecule has 1 aromatic carbocycles. The number of rotatable bonds is 1. The van der Waals surface area contributed by atoms with Crippen LogP contribution in [0.25, 0.3) is 6.08 Å². The molecule has 0 spiro atoms. The van der Waals surface area contributed by atoms with Crippen LogP contribution in [0.5, 0.6) is 0 Å². The largest absolute Gasteiger partial charge is 0.0708 e. The minimum atomic E-state index is 0.0962. The Hall–Kier alpha value is -1.56. The molecule has 0 heteroatoms. The predicted octanol–water partition coefficient (Wildman–Crippen LogP) is 3.77. The molecule has 0 heterocycles. The highest BCUT2D eigenvalue weighted by Gasteiger charge is 2.28. The zero-order chi connectivity index (χ0) is 10.3. The molecule has 0 N–H and O–H groups in total. The van der Waals surface area contributed by atoms with Crippen LogP contribution in [0.1, 0.15) is 18.1 Å². The second-order valence-corrected chi connectivity index (χ2v) is 4.37. The van der Waals surface area contributed by atoms with Gasteiger partial charge in [0, 0.05) is 11.8 Å². The molecule has 0 saturated heterocycles. The van der Waals surface area contributed by atoms with Crippen molar-refractivity contribution in [2.75, 3.05) is 0 Å². The molecule has 1 aromatic rings. The first-order valence-electron chi connectivity index (χ1n) is 5.31. The summed E-state index contributed by atoms with van der Waals surface area (Å²) in [6, 6.07) is 8.53. The van der Waals surface area contributed by atoms with Crippen molar-refractivity contribution in [1.82, 2.24) is 0 Å². The van der Waals surface area contributed by atoms with E-state index in [1.807, 2.05) is 0 Å². The number of fused-ring (bicyclic) bond motifs is 1. The maximum absolute atomic E-state index is 2.29. The maximum Gasteiger partial charge on any atom is 0.0258 e. The molecule has 15 heavy (non-hydrogen) atoms. The highest BCUT2D eigenvalue weighted by molar-refractivity contribution is 5.72. The summed E-state index contributed by atoms with van der Waals surface area (Å²) in [7, 11) is 0. The van der Waals surface area contributed by atoms with Gasteiger partial charge in [-0.3, -0.25) is 0 Å². The summed E-state index contributed by atoms with van der Waals surface area (Å²) in [6.07, 6.45) is 13.3. The Balaban J connectivity index is 2.01. The van der Waals surface area contributed by atoms with Gasteiger partial charge < -0.3 is 0 Å². The average Bonchev–Trinajstić information content (AvgIpc) is 2.84. The molecule has 0 unspecified atom stereocenters. The van der Waals surface area contributed by atoms with E-state index in [9.17, 15) is 0 Å². The summed E-state index contributed by atoms with van der Waals surface area (Å²) < 4.78 is 0. The second kappa shape index (κ2) is 2.96. The van der Waals surface area contributed by atoms with Gasteiger partial charge in [-0.1, -0.05) is 54.6 Å². The van der Waals surface area contributed by atoms with E-state index in [2.05, 4.69) is 68.0 Å². The maximum atomic E-state index is 2.29. The van der Waals surface area contributed by atoms with E-state index in [1.165, 1.54) is 16.7 Å². The van der Waals surface area contributed by atoms with E-state index >= 15 is 0 Å². The average molecular weight is 193 g/mol. The SMILES string of the molecule is CC1(C2=Cc3ccccc3[CH]2)C=CC=C1. The van der Waals surface area contributed by atoms with Gasteiger partial charge in [-0.05, 0) is 23.6 Å². The first-order chi connectivity index (χ1) is 7.28. The molecule has 73 valence electrons. The third kappa shape index (κ3) is 1.29. The van der Waals surface area contributed by atoms with Gasteiger partial charge in [0.25, 0.3) is 0 Å². The number of benzene rings is 1. The van der Waals surface area contributed by atoms with Crippen LogP contribution < -0.4 is 0 Å². The molecule has 0 saturated carbocycles. The Labute approximate surface area is 90.6 Å². The minimum Gasteiger partial charge on any atom is -0.0708 e. The summed E-state index contributed by atoms with van der Waals surface area (Å²) in [5.41, 5.74) is 4.15. The summed E-state index contributed by atoms with van der Waals surface area (Å²) in [4.78, 5) is 0. The van der Waals surface area contributed by atoms with Gasteiger partial charge >= 0.3 is 0 Å². The van der Waals surface area contributed by atoms with Gasteiger partial charge in [0.05, 0.1) is 0 Å². The van der Waals surface area contributed by atoms with Gasteiger partial charge in [0.15, 0.2) is 0 Å². The van der Waals surface area contributed by atoms with E-state index in [4.69, 9.17) is 0 Å². The lowest BCUT2D eigenvalue weighted by atomic mass is 9.83. The predicted molar refractivity (Wildman–Crippen MR) is 64.2 cm³/mol. The van der Waals surface area contributed by atoms with Crippen molar-refractivity contribution in [3.05, 3.63) is 71.7 Å². The van der Waals surface area contributed by atoms with E-state index in [0.29, 0.717) is 0 Å². The number of hydrogen-bond donors (Lipinski definition) is 0. The van der Waals surface area contributed by atoms with Gasteiger partial charge in [0.1, 0.15) is 0 Å². The Kier molecular flexibility index (Phi) is 1.72. The van der Waals surface area contributed by atoms with Gasteiger partial charge in [-0.15, -0.1) is 0 Å². The van der Waals surface area contributed by atoms with Crippen molar-refractivity contribution in [2.45, 2.75) is 6.92 Å². The Morgan fingerprint density at radius 2 is 1.60 bits per heavy atom. The molecule has 0 amide bonds. The smallest absolute Gasteiger partial charge is 0.0258 e. The van der Waals surface area contributed by atoms with Crippen LogP contribution in [-0.4, -0.2) is 0 Å². The molecular formula is C15H13. The number of allylic oxidation sites excluding steroid dienone is 5. The van der Waals surface area contributed by atoms with Gasteiger partial charge in [0.2, 0.25) is 0 Å². The molecule has 0 aliphatic heterocycles. The Morgan fingerprint density at radius 1 is 0.933 bits per heavy atom. The fourth-order valence-electron chi connectivity index (χ4n) is 2.22. The van der Waals surface area contributed by atoms with E-state index in [0.717, 1.165) is 0 Å². The second-order valence-electron chi connectivity index (χ2n) is 4.37. The van der Waals surface area contributed by atoms with Crippen LogP contribution in [0.4, 0.5) is 0 Å². The molecule has 1 radical (unpaired) electrons. The van der Waals surface area contributed by atoms with Gasteiger partial charge in [-0.25, -0.2) is 0 Å². The molecule has 2 aliphatic rings. The standard InChI is InChI=1S/C15H13/c1-15(8-4-5-9-15)14-10-12-6-2-3-7-13(12)11-14/h2-11H,1H3. The van der Waals surface area contributed by atoms with Crippen molar-refractivity contribution in [2.24, 2.45) is 5.41 Å². The van der Waals surface area contributed by atoms with Crippen molar-refractivity contribution in [3.63, 3.8) is 0 Å². The van der Waals surface area contributed by atoms with Crippen molar-refractivity contribution < 1.29 is 0 Å². The van der Waals surface area contributed by atoms with Crippen molar-refractivity contribution in [3.8, 4) is 0 Å². The topological polar surface area (TPSA) is 0 Å². The monoisotopic (exact) mass is 193 g/mol. The first-order valence-corrected chi connectivity index (χ1v) is 5.31. The molecule has 0 atom stereocenters. The van der Waals surface area contributed by atoms with E-state index in [1.54, 1.807) is 0 Å². The van der Waals surface area contributed by atoms with Crippen LogP contribution >= 0.6 is 0 Å². The van der Waals surface area contributed by atoms with E-state index in [-0.39, 0.29) is 5.41 Å². The fraction of sp³-hybridized carbons (Fsp3) is 0.133. The van der Waals surface area contributed by atoms with Crippen molar-refractivity contribution >= 4 is 6.08 Å². The summed E-state index contributed by atoms with van der Waals surface area (Å²) in [5, 5.41) is 0. The van der Waals surface area contributed by atoms with Crippen LogP contribution in [0.15, 0.2) is 54.1 Å². The molecule has 0 bridgehead atoms. The zero-order valence-electron chi connectivity index (χ0n) is 8.77. The highest BCUT2D eigenvalue weighted by Crippen LogP contribution is 2.42. The van der Waals surface area contributed by atoms with Crippen molar-refractivity contribution in [1.29, 1.82) is 0 Å². The summed E-state index contributed by atoms with van der Waals surface area (Å²) in [6.45, 7) is 2.25. The van der Waals surface area contributed by atoms with Gasteiger partial charge in [-0.2, -0.15) is 0 Å². The first kappa shape index (κ1) is 8.72. The third-order valence-corrected chi connectivity index (χ3v) is 3.24. The minimum absolute atomic E-state index is 0.0962. The molecule has 2 aliphatic carbocycles. The lowest BCUT2D eigenvalue weighted by Crippen LogP contribution is -2.10. The molecular weight excluding hydrogens is 180 g/mol. The van der Waals surface area contributed by atoms with Crippen LogP contribution in [0, 0.1) is 11.8 Å². The normalized spacial score (nSPS) is 20.5. The lowest BCUT2D eigenvalue weighted by molar-refractivity contribution is 0.690. The quantitative estimate of drug-likeness (QED) is 0.637. The van der Waals surface area contributed by atoms with E-state index < -0.39 is 0 Å². The molecule has 0 aromatic heterocycles. The van der Waals surface area contributed by atoms with Crippen LogP contribution in [0.2, 0.25) is 0 Å². The fourth-order valence-corrected chi connectivity index (χ4v) is 2.22. The van der Waals surface area contributed by atoms with Crippen LogP contribution in [-0.2, 0) is 0 Å². The Morgan fingerprint density at radius 3 is 2.27 bits per heavy atom. The summed E-state index contributed by atoms with van der Waals surface area (Å²) in [5.74, 6) is 0. The third-order valence-electron chi connectivity index (χ3n) is 3.24. The molecule has 3 rings (SSSR count). The zero-order valence-corrected chi connectivity index (χ0v) is 8.77. The number of hydrogen-bond acceptors (Lipinski definition) is 0. The summed E-state index contributed by atoms with van der Waals surface area (Å²) >= 11 is 0. The molecule has 0 fully saturated rings. The lowest BCUT2D eigenvalue weighted by Gasteiger charge is -2.20.